The lowest BCUT2D eigenvalue weighted by molar-refractivity contribution is -0.154. The lowest BCUT2D eigenvalue weighted by atomic mass is 10.0. The van der Waals surface area contributed by atoms with Crippen LogP contribution in [0.5, 0.6) is 0 Å². The minimum absolute atomic E-state index is 0.0110. The van der Waals surface area contributed by atoms with E-state index in [1.807, 2.05) is 0 Å². The van der Waals surface area contributed by atoms with Crippen molar-refractivity contribution in [3.8, 4) is 0 Å². The Morgan fingerprint density at radius 3 is 1.34 bits per heavy atom. The van der Waals surface area contributed by atoms with Crippen LogP contribution in [0.2, 0.25) is 0 Å². The topological polar surface area (TPSA) is 155 Å². The van der Waals surface area contributed by atoms with E-state index >= 15 is 0 Å². The quantitative estimate of drug-likeness (QED) is 0.0232. The van der Waals surface area contributed by atoms with Gasteiger partial charge < -0.3 is 25.2 Å². The Balaban J connectivity index is 4.11. The SMILES string of the molecule is CC/C=C\C/C=C\C/C=C\C/C=C\CCCCCCCCCOCC(COP(=O)(O)OCC(N)C(=O)O)OC(=O)CCCCCCCCCCCCCCCCCCCCCCCCC. The van der Waals surface area contributed by atoms with Gasteiger partial charge in [0.05, 0.1) is 19.8 Å². The molecule has 0 bridgehead atoms. The molecule has 0 aromatic carbocycles. The summed E-state index contributed by atoms with van der Waals surface area (Å²) in [5, 5.41) is 8.94. The molecule has 0 aromatic rings. The molecule has 0 saturated carbocycles. The Bertz CT molecular complexity index is 1220. The van der Waals surface area contributed by atoms with Gasteiger partial charge in [0.15, 0.2) is 0 Å². The molecule has 3 unspecified atom stereocenters. The Kier molecular flexibility index (Phi) is 48.2. The molecular weight excluding hydrogens is 838 g/mol. The Morgan fingerprint density at radius 1 is 0.508 bits per heavy atom. The first kappa shape index (κ1) is 62.9. The minimum Gasteiger partial charge on any atom is -0.480 e. The summed E-state index contributed by atoms with van der Waals surface area (Å²) in [4.78, 5) is 33.7. The third-order valence-electron chi connectivity index (χ3n) is 11.6. The van der Waals surface area contributed by atoms with Gasteiger partial charge in [-0.1, -0.05) is 236 Å². The second-order valence-electron chi connectivity index (χ2n) is 18.0. The molecule has 11 heteroatoms. The van der Waals surface area contributed by atoms with Crippen molar-refractivity contribution in [2.75, 3.05) is 26.4 Å². The summed E-state index contributed by atoms with van der Waals surface area (Å²) in [6, 6.07) is -1.48. The first-order valence-corrected chi connectivity index (χ1v) is 28.2. The highest BCUT2D eigenvalue weighted by atomic mass is 31.2. The number of phosphoric ester groups is 1. The molecule has 0 aromatic heterocycles. The second kappa shape index (κ2) is 49.8. The zero-order valence-corrected chi connectivity index (χ0v) is 42.7. The number of carbonyl (C=O) groups is 2. The summed E-state index contributed by atoms with van der Waals surface area (Å²) in [6.45, 7) is 3.79. The maximum atomic E-state index is 12.7. The van der Waals surface area contributed by atoms with Crippen molar-refractivity contribution in [2.24, 2.45) is 5.73 Å². The highest BCUT2D eigenvalue weighted by molar-refractivity contribution is 7.47. The van der Waals surface area contributed by atoms with Crippen LogP contribution in [0.4, 0.5) is 0 Å². The fraction of sp³-hybridized carbons (Fsp3) is 0.815. The Labute approximate surface area is 399 Å². The third-order valence-corrected chi connectivity index (χ3v) is 12.6. The van der Waals surface area contributed by atoms with Crippen LogP contribution >= 0.6 is 7.82 Å². The van der Waals surface area contributed by atoms with Crippen LogP contribution in [0.25, 0.3) is 0 Å². The molecule has 3 atom stereocenters. The van der Waals surface area contributed by atoms with Gasteiger partial charge in [-0.3, -0.25) is 18.6 Å². The van der Waals surface area contributed by atoms with Gasteiger partial charge in [0.25, 0.3) is 0 Å². The van der Waals surface area contributed by atoms with E-state index in [1.54, 1.807) is 0 Å². The molecule has 0 radical (unpaired) electrons. The van der Waals surface area contributed by atoms with Crippen LogP contribution < -0.4 is 5.73 Å². The normalized spacial score (nSPS) is 14.0. The molecule has 0 rings (SSSR count). The number of carboxylic acid groups (broad SMARTS) is 1. The van der Waals surface area contributed by atoms with Gasteiger partial charge in [0.1, 0.15) is 12.1 Å². The summed E-state index contributed by atoms with van der Waals surface area (Å²) < 4.78 is 33.5. The van der Waals surface area contributed by atoms with Crippen LogP contribution in [0.15, 0.2) is 48.6 Å². The van der Waals surface area contributed by atoms with Gasteiger partial charge in [-0.25, -0.2) is 4.57 Å². The lowest BCUT2D eigenvalue weighted by Gasteiger charge is -2.20. The molecule has 380 valence electrons. The van der Waals surface area contributed by atoms with E-state index in [9.17, 15) is 19.0 Å². The van der Waals surface area contributed by atoms with E-state index < -0.39 is 45.1 Å². The van der Waals surface area contributed by atoms with Crippen molar-refractivity contribution in [3.05, 3.63) is 48.6 Å². The zero-order chi connectivity index (χ0) is 47.6. The molecule has 4 N–H and O–H groups in total. The van der Waals surface area contributed by atoms with Crippen LogP contribution in [-0.2, 0) is 32.7 Å². The lowest BCUT2D eigenvalue weighted by Crippen LogP contribution is -2.34. The van der Waals surface area contributed by atoms with Gasteiger partial charge in [-0.05, 0) is 51.4 Å². The number of unbranched alkanes of at least 4 members (excludes halogenated alkanes) is 29. The van der Waals surface area contributed by atoms with Gasteiger partial charge in [0, 0.05) is 13.0 Å². The predicted octanol–water partition coefficient (Wildman–Crippen LogP) is 15.8. The molecule has 0 aliphatic carbocycles. The van der Waals surface area contributed by atoms with Gasteiger partial charge in [-0.2, -0.15) is 0 Å². The number of carboxylic acids is 1. The smallest absolute Gasteiger partial charge is 0.472 e. The van der Waals surface area contributed by atoms with E-state index in [0.29, 0.717) is 13.0 Å². The first-order chi connectivity index (χ1) is 31.7. The van der Waals surface area contributed by atoms with Crippen LogP contribution in [-0.4, -0.2) is 60.5 Å². The number of ether oxygens (including phenoxy) is 2. The average molecular weight is 938 g/mol. The van der Waals surface area contributed by atoms with Crippen molar-refractivity contribution in [1.82, 2.24) is 0 Å². The molecule has 0 aliphatic rings. The summed E-state index contributed by atoms with van der Waals surface area (Å²) in [6.07, 6.45) is 60.3. The summed E-state index contributed by atoms with van der Waals surface area (Å²) in [7, 11) is -4.63. The number of esters is 1. The highest BCUT2D eigenvalue weighted by Crippen LogP contribution is 2.43. The van der Waals surface area contributed by atoms with Gasteiger partial charge in [0.2, 0.25) is 0 Å². The summed E-state index contributed by atoms with van der Waals surface area (Å²) in [5.41, 5.74) is 5.38. The minimum atomic E-state index is -4.63. The van der Waals surface area contributed by atoms with Crippen molar-refractivity contribution in [3.63, 3.8) is 0 Å². The summed E-state index contributed by atoms with van der Waals surface area (Å²) in [5.74, 6) is -1.78. The van der Waals surface area contributed by atoms with E-state index in [4.69, 9.17) is 29.4 Å². The monoisotopic (exact) mass is 938 g/mol. The summed E-state index contributed by atoms with van der Waals surface area (Å²) >= 11 is 0. The molecule has 10 nitrogen and oxygen atoms in total. The number of aliphatic carboxylic acids is 1. The van der Waals surface area contributed by atoms with Crippen molar-refractivity contribution in [1.29, 1.82) is 0 Å². The molecule has 0 spiro atoms. The average Bonchev–Trinajstić information content (AvgIpc) is 3.29. The molecule has 0 aliphatic heterocycles. The number of nitrogens with two attached hydrogens (primary N) is 1. The zero-order valence-electron chi connectivity index (χ0n) is 41.8. The highest BCUT2D eigenvalue weighted by Gasteiger charge is 2.27. The fourth-order valence-corrected chi connectivity index (χ4v) is 8.32. The van der Waals surface area contributed by atoms with Crippen LogP contribution in [0.3, 0.4) is 0 Å². The van der Waals surface area contributed by atoms with E-state index in [1.165, 1.54) is 154 Å². The largest absolute Gasteiger partial charge is 0.480 e. The number of hydrogen-bond donors (Lipinski definition) is 3. The molecule has 0 saturated heterocycles. The maximum Gasteiger partial charge on any atom is 0.472 e. The third kappa shape index (κ3) is 49.7. The molecule has 0 fully saturated rings. The molecular formula is C54H100NO9P. The molecule has 65 heavy (non-hydrogen) atoms. The maximum absolute atomic E-state index is 12.7. The molecule has 0 amide bonds. The van der Waals surface area contributed by atoms with Gasteiger partial charge in [-0.15, -0.1) is 0 Å². The Morgan fingerprint density at radius 2 is 0.892 bits per heavy atom. The number of carbonyl (C=O) groups excluding carboxylic acids is 1. The van der Waals surface area contributed by atoms with Crippen molar-refractivity contribution >= 4 is 19.8 Å². The van der Waals surface area contributed by atoms with Gasteiger partial charge >= 0.3 is 19.8 Å². The van der Waals surface area contributed by atoms with E-state index in [0.717, 1.165) is 64.2 Å². The van der Waals surface area contributed by atoms with Crippen LogP contribution in [0, 0.1) is 0 Å². The predicted molar refractivity (Wildman–Crippen MR) is 272 cm³/mol. The first-order valence-electron chi connectivity index (χ1n) is 26.7. The van der Waals surface area contributed by atoms with Crippen molar-refractivity contribution in [2.45, 2.75) is 257 Å². The molecule has 0 heterocycles. The standard InChI is InChI=1S/C54H100NO9P/c1-3-5-7-9-11-13-15-17-19-21-23-25-26-27-28-30-32-34-36-38-40-42-44-46-53(56)64-51(49-62-65(59,60)63-50-52(55)54(57)58)48-61-47-45-43-41-39-37-35-33-31-29-24-22-20-18-16-14-12-10-8-6-4-2/h6,8,12,14,18,20,24,29,51-52H,3-5,7,9-11,13,15-17,19,21-23,25-28,30-50,55H2,1-2H3,(H,57,58)(H,59,60)/b8-6-,14-12-,20-18-,29-24-. The van der Waals surface area contributed by atoms with Crippen LogP contribution in [0.1, 0.15) is 245 Å². The van der Waals surface area contributed by atoms with E-state index in [2.05, 4.69) is 62.5 Å². The number of allylic oxidation sites excluding steroid dienone is 8. The number of phosphoric acid groups is 1. The number of rotatable bonds is 51. The Hall–Kier alpha value is -2.07. The fourth-order valence-electron chi connectivity index (χ4n) is 7.54. The van der Waals surface area contributed by atoms with E-state index in [-0.39, 0.29) is 13.0 Å². The number of hydrogen-bond acceptors (Lipinski definition) is 8. The second-order valence-corrected chi connectivity index (χ2v) is 19.4. The van der Waals surface area contributed by atoms with Crippen molar-refractivity contribution < 1.29 is 42.7 Å².